The number of hydrogen-bond donors (Lipinski definition) is 3. The third kappa shape index (κ3) is 2.40. The molecular formula is C12H16FN3O3. The first-order valence-corrected chi connectivity index (χ1v) is 5.84. The van der Waals surface area contributed by atoms with Crippen LogP contribution in [0.15, 0.2) is 24.3 Å². The number of hydroxylamine groups is 3. The van der Waals surface area contributed by atoms with Gasteiger partial charge in [-0.25, -0.2) is 9.18 Å². The molecule has 2 atom stereocenters. The Hall–Kier alpha value is -1.70. The molecule has 0 saturated carbocycles. The van der Waals surface area contributed by atoms with Crippen molar-refractivity contribution in [1.82, 2.24) is 15.9 Å². The Kier molecular flexibility index (Phi) is 3.70. The average Bonchev–Trinajstić information content (AvgIpc) is 2.80. The fourth-order valence-electron chi connectivity index (χ4n) is 2.12. The molecule has 2 unspecified atom stereocenters. The Labute approximate surface area is 110 Å². The quantitative estimate of drug-likeness (QED) is 0.552. The van der Waals surface area contributed by atoms with Crippen molar-refractivity contribution in [1.29, 1.82) is 0 Å². The summed E-state index contributed by atoms with van der Waals surface area (Å²) in [6.45, 7) is 1.89. The molecule has 1 fully saturated rings. The highest BCUT2D eigenvalue weighted by molar-refractivity contribution is 5.73. The summed E-state index contributed by atoms with van der Waals surface area (Å²) in [5, 5.41) is 12.8. The lowest BCUT2D eigenvalue weighted by Gasteiger charge is -2.33. The molecule has 0 spiro atoms. The lowest BCUT2D eigenvalue weighted by atomic mass is 9.86. The molecule has 1 aromatic rings. The highest BCUT2D eigenvalue weighted by Gasteiger charge is 2.46. The molecule has 1 aliphatic rings. The van der Waals surface area contributed by atoms with Crippen LogP contribution in [0.3, 0.4) is 0 Å². The van der Waals surface area contributed by atoms with Crippen LogP contribution in [-0.4, -0.2) is 36.0 Å². The zero-order valence-electron chi connectivity index (χ0n) is 10.7. The molecule has 0 bridgehead atoms. The first-order chi connectivity index (χ1) is 8.99. The normalized spacial score (nSPS) is 26.2. The van der Waals surface area contributed by atoms with E-state index in [1.54, 1.807) is 19.1 Å². The van der Waals surface area contributed by atoms with Gasteiger partial charge in [-0.1, -0.05) is 12.1 Å². The Balaban J connectivity index is 2.30. The van der Waals surface area contributed by atoms with Crippen LogP contribution < -0.4 is 10.8 Å². The van der Waals surface area contributed by atoms with Gasteiger partial charge in [-0.05, 0) is 24.6 Å². The molecule has 7 heteroatoms. The van der Waals surface area contributed by atoms with Crippen LogP contribution in [0.5, 0.6) is 0 Å². The molecule has 2 amide bonds. The lowest BCUT2D eigenvalue weighted by molar-refractivity contribution is -0.0909. The maximum atomic E-state index is 13.0. The first kappa shape index (κ1) is 13.7. The molecule has 104 valence electrons. The topological polar surface area (TPSA) is 73.8 Å². The molecule has 1 aromatic carbocycles. The SMILES string of the molecule is CNC(=O)N(O)C1CONC1(C)c1ccc(F)cc1. The Morgan fingerprint density at radius 1 is 1.58 bits per heavy atom. The van der Waals surface area contributed by atoms with E-state index in [0.29, 0.717) is 10.6 Å². The van der Waals surface area contributed by atoms with E-state index in [-0.39, 0.29) is 12.4 Å². The number of rotatable bonds is 2. The maximum absolute atomic E-state index is 13.0. The number of urea groups is 1. The van der Waals surface area contributed by atoms with Crippen LogP contribution >= 0.6 is 0 Å². The van der Waals surface area contributed by atoms with E-state index in [1.165, 1.54) is 19.2 Å². The number of carbonyl (C=O) groups excluding carboxylic acids is 1. The van der Waals surface area contributed by atoms with E-state index in [2.05, 4.69) is 10.8 Å². The number of halogens is 1. The van der Waals surface area contributed by atoms with Gasteiger partial charge in [-0.2, -0.15) is 10.5 Å². The van der Waals surface area contributed by atoms with Crippen LogP contribution in [0.25, 0.3) is 0 Å². The summed E-state index contributed by atoms with van der Waals surface area (Å²) in [5.74, 6) is -0.352. The van der Waals surface area contributed by atoms with Gasteiger partial charge in [0, 0.05) is 7.05 Å². The smallest absolute Gasteiger partial charge is 0.339 e. The van der Waals surface area contributed by atoms with Gasteiger partial charge in [0.05, 0.1) is 12.1 Å². The van der Waals surface area contributed by atoms with Crippen LogP contribution in [0, 0.1) is 5.82 Å². The number of nitrogens with one attached hydrogen (secondary N) is 2. The summed E-state index contributed by atoms with van der Waals surface area (Å²) in [6.07, 6.45) is 0. The fourth-order valence-corrected chi connectivity index (χ4v) is 2.12. The van der Waals surface area contributed by atoms with Gasteiger partial charge in [0.2, 0.25) is 0 Å². The molecule has 1 aliphatic heterocycles. The minimum absolute atomic E-state index is 0.123. The number of carbonyl (C=O) groups is 1. The summed E-state index contributed by atoms with van der Waals surface area (Å²) in [5.41, 5.74) is 2.66. The molecule has 0 aliphatic carbocycles. The van der Waals surface area contributed by atoms with Crippen LogP contribution in [-0.2, 0) is 10.4 Å². The molecule has 3 N–H and O–H groups in total. The van der Waals surface area contributed by atoms with Crippen LogP contribution in [0.1, 0.15) is 12.5 Å². The molecule has 0 radical (unpaired) electrons. The van der Waals surface area contributed by atoms with Crippen molar-refractivity contribution in [2.45, 2.75) is 18.5 Å². The van der Waals surface area contributed by atoms with Gasteiger partial charge in [-0.15, -0.1) is 0 Å². The largest absolute Gasteiger partial charge is 0.341 e. The van der Waals surface area contributed by atoms with Gasteiger partial charge in [-0.3, -0.25) is 10.0 Å². The van der Waals surface area contributed by atoms with Gasteiger partial charge < -0.3 is 5.32 Å². The molecule has 1 saturated heterocycles. The summed E-state index contributed by atoms with van der Waals surface area (Å²) >= 11 is 0. The van der Waals surface area contributed by atoms with E-state index in [0.717, 1.165) is 0 Å². The number of benzene rings is 1. The molecule has 2 rings (SSSR count). The zero-order chi connectivity index (χ0) is 14.0. The third-order valence-electron chi connectivity index (χ3n) is 3.35. The van der Waals surface area contributed by atoms with Gasteiger partial charge in [0.15, 0.2) is 0 Å². The number of amides is 2. The summed E-state index contributed by atoms with van der Waals surface area (Å²) in [4.78, 5) is 16.6. The minimum Gasteiger partial charge on any atom is -0.339 e. The second kappa shape index (κ2) is 5.12. The monoisotopic (exact) mass is 269 g/mol. The Morgan fingerprint density at radius 3 is 2.79 bits per heavy atom. The zero-order valence-corrected chi connectivity index (χ0v) is 10.7. The van der Waals surface area contributed by atoms with E-state index >= 15 is 0 Å². The van der Waals surface area contributed by atoms with Crippen molar-refractivity contribution in [2.75, 3.05) is 13.7 Å². The predicted molar refractivity (Wildman–Crippen MR) is 64.7 cm³/mol. The minimum atomic E-state index is -0.824. The van der Waals surface area contributed by atoms with Crippen LogP contribution in [0.4, 0.5) is 9.18 Å². The van der Waals surface area contributed by atoms with E-state index in [4.69, 9.17) is 4.84 Å². The lowest BCUT2D eigenvalue weighted by Crippen LogP contribution is -2.54. The standard InChI is InChI=1S/C12H16FN3O3/c1-12(8-3-5-9(13)6-4-8)10(7-19-15-12)16(18)11(17)14-2/h3-6,10,15,18H,7H2,1-2H3,(H,14,17). The third-order valence-corrected chi connectivity index (χ3v) is 3.35. The summed E-state index contributed by atoms with van der Waals surface area (Å²) < 4.78 is 13.0. The van der Waals surface area contributed by atoms with Crippen molar-refractivity contribution in [3.8, 4) is 0 Å². The Bertz CT molecular complexity index is 468. The molecule has 1 heterocycles. The van der Waals surface area contributed by atoms with E-state index in [9.17, 15) is 14.4 Å². The van der Waals surface area contributed by atoms with E-state index < -0.39 is 17.6 Å². The summed E-state index contributed by atoms with van der Waals surface area (Å²) in [7, 11) is 1.42. The molecular weight excluding hydrogens is 253 g/mol. The summed E-state index contributed by atoms with van der Waals surface area (Å²) in [6, 6.07) is 4.55. The molecule has 19 heavy (non-hydrogen) atoms. The number of nitrogens with zero attached hydrogens (tertiary/aromatic N) is 1. The fraction of sp³-hybridized carbons (Fsp3) is 0.417. The van der Waals surface area contributed by atoms with Crippen molar-refractivity contribution < 1.29 is 19.2 Å². The highest BCUT2D eigenvalue weighted by atomic mass is 19.1. The maximum Gasteiger partial charge on any atom is 0.341 e. The van der Waals surface area contributed by atoms with Crippen molar-refractivity contribution in [3.05, 3.63) is 35.6 Å². The second-order valence-corrected chi connectivity index (χ2v) is 4.54. The Morgan fingerprint density at radius 2 is 2.21 bits per heavy atom. The van der Waals surface area contributed by atoms with Crippen molar-refractivity contribution in [3.63, 3.8) is 0 Å². The molecule has 6 nitrogen and oxygen atoms in total. The van der Waals surface area contributed by atoms with Gasteiger partial charge in [0.1, 0.15) is 11.9 Å². The van der Waals surface area contributed by atoms with E-state index in [1.807, 2.05) is 0 Å². The van der Waals surface area contributed by atoms with Crippen molar-refractivity contribution in [2.24, 2.45) is 0 Å². The average molecular weight is 269 g/mol. The molecule has 0 aromatic heterocycles. The second-order valence-electron chi connectivity index (χ2n) is 4.54. The highest BCUT2D eigenvalue weighted by Crippen LogP contribution is 2.32. The van der Waals surface area contributed by atoms with Crippen LogP contribution in [0.2, 0.25) is 0 Å². The predicted octanol–water partition coefficient (Wildman–Crippen LogP) is 0.975. The van der Waals surface area contributed by atoms with Gasteiger partial charge >= 0.3 is 6.03 Å². The van der Waals surface area contributed by atoms with Crippen molar-refractivity contribution >= 4 is 6.03 Å². The number of hydrogen-bond acceptors (Lipinski definition) is 4. The van der Waals surface area contributed by atoms with Gasteiger partial charge in [0.25, 0.3) is 0 Å². The first-order valence-electron chi connectivity index (χ1n) is 5.84.